The van der Waals surface area contributed by atoms with Gasteiger partial charge in [-0.05, 0) is 17.7 Å². The monoisotopic (exact) mass is 276 g/mol. The summed E-state index contributed by atoms with van der Waals surface area (Å²) in [6, 6.07) is 17.7. The third-order valence-corrected chi connectivity index (χ3v) is 2.92. The summed E-state index contributed by atoms with van der Waals surface area (Å²) in [5.74, 6) is -0.0928. The number of nitrogens with zero attached hydrogens (tertiary/aromatic N) is 2. The molecule has 0 saturated heterocycles. The van der Waals surface area contributed by atoms with Gasteiger partial charge in [-0.15, -0.1) is 0 Å². The molecule has 0 radical (unpaired) electrons. The maximum atomic E-state index is 11.8. The van der Waals surface area contributed by atoms with Crippen LogP contribution in [0.2, 0.25) is 0 Å². The van der Waals surface area contributed by atoms with Gasteiger partial charge in [0.25, 0.3) is 0 Å². The summed E-state index contributed by atoms with van der Waals surface area (Å²) in [6.07, 6.45) is 0. The number of rotatable bonds is 5. The molecule has 0 aliphatic heterocycles. The van der Waals surface area contributed by atoms with Crippen LogP contribution in [0, 0.1) is 22.7 Å². The fourth-order valence-corrected chi connectivity index (χ4v) is 1.84. The van der Waals surface area contributed by atoms with Gasteiger partial charge in [-0.3, -0.25) is 4.79 Å². The lowest BCUT2D eigenvalue weighted by atomic mass is 10.1. The van der Waals surface area contributed by atoms with Gasteiger partial charge in [0.1, 0.15) is 18.7 Å². The summed E-state index contributed by atoms with van der Waals surface area (Å²) in [7, 11) is 0. The van der Waals surface area contributed by atoms with Gasteiger partial charge in [0.2, 0.25) is 0 Å². The van der Waals surface area contributed by atoms with Crippen molar-refractivity contribution in [1.29, 1.82) is 10.5 Å². The predicted molar refractivity (Wildman–Crippen MR) is 76.3 cm³/mol. The van der Waals surface area contributed by atoms with Crippen LogP contribution in [0.5, 0.6) is 0 Å². The number of hydrogen-bond acceptors (Lipinski definition) is 4. The highest BCUT2D eigenvalue weighted by Crippen LogP contribution is 2.11. The van der Waals surface area contributed by atoms with Gasteiger partial charge in [-0.25, -0.2) is 0 Å². The smallest absolute Gasteiger partial charge is 0.188 e. The van der Waals surface area contributed by atoms with Crippen molar-refractivity contribution in [2.45, 2.75) is 6.61 Å². The number of Topliss-reactive ketones (excluding diaryl/α,β-unsaturated/α-hetero) is 1. The van der Waals surface area contributed by atoms with Gasteiger partial charge in [-0.1, -0.05) is 36.4 Å². The van der Waals surface area contributed by atoms with E-state index in [1.165, 1.54) is 0 Å². The van der Waals surface area contributed by atoms with Crippen molar-refractivity contribution in [3.63, 3.8) is 0 Å². The van der Waals surface area contributed by atoms with Gasteiger partial charge in [0, 0.05) is 5.56 Å². The first kappa shape index (κ1) is 14.5. The van der Waals surface area contributed by atoms with Gasteiger partial charge in [0.15, 0.2) is 5.78 Å². The molecule has 0 spiro atoms. The minimum Gasteiger partial charge on any atom is -0.369 e. The van der Waals surface area contributed by atoms with Crippen LogP contribution in [0.4, 0.5) is 0 Å². The molecule has 0 atom stereocenters. The Morgan fingerprint density at radius 3 is 2.38 bits per heavy atom. The number of carbonyl (C=O) groups is 1. The van der Waals surface area contributed by atoms with Crippen LogP contribution >= 0.6 is 0 Å². The Morgan fingerprint density at radius 1 is 1.00 bits per heavy atom. The molecule has 0 fully saturated rings. The van der Waals surface area contributed by atoms with Crippen LogP contribution in [-0.4, -0.2) is 12.4 Å². The molecule has 0 unspecified atom stereocenters. The fraction of sp³-hybridized carbons (Fsp3) is 0.118. The van der Waals surface area contributed by atoms with Crippen molar-refractivity contribution in [3.8, 4) is 12.1 Å². The molecule has 4 heteroatoms. The van der Waals surface area contributed by atoms with E-state index in [1.54, 1.807) is 42.5 Å². The highest BCUT2D eigenvalue weighted by atomic mass is 16.5. The van der Waals surface area contributed by atoms with E-state index in [4.69, 9.17) is 15.3 Å². The van der Waals surface area contributed by atoms with E-state index in [-0.39, 0.29) is 19.0 Å². The first-order valence-electron chi connectivity index (χ1n) is 6.33. The van der Waals surface area contributed by atoms with Crippen molar-refractivity contribution in [3.05, 3.63) is 70.8 Å². The molecular formula is C17H12N2O2. The van der Waals surface area contributed by atoms with Crippen molar-refractivity contribution in [2.75, 3.05) is 6.61 Å². The van der Waals surface area contributed by atoms with Crippen molar-refractivity contribution in [1.82, 2.24) is 0 Å². The second-order valence-electron chi connectivity index (χ2n) is 4.39. The number of ether oxygens (including phenoxy) is 1. The molecule has 0 aromatic heterocycles. The molecule has 0 heterocycles. The first-order chi connectivity index (χ1) is 10.2. The second kappa shape index (κ2) is 7.00. The largest absolute Gasteiger partial charge is 0.369 e. The second-order valence-corrected chi connectivity index (χ2v) is 4.39. The molecule has 0 amide bonds. The minimum atomic E-state index is -0.0928. The lowest BCUT2D eigenvalue weighted by Gasteiger charge is -2.05. The molecule has 4 nitrogen and oxygen atoms in total. The molecule has 102 valence electrons. The van der Waals surface area contributed by atoms with Crippen LogP contribution in [0.15, 0.2) is 48.5 Å². The fourth-order valence-electron chi connectivity index (χ4n) is 1.84. The quantitative estimate of drug-likeness (QED) is 0.787. The van der Waals surface area contributed by atoms with Gasteiger partial charge >= 0.3 is 0 Å². The average molecular weight is 276 g/mol. The Bertz CT molecular complexity index is 725. The SMILES string of the molecule is N#Cc1ccc(COCC(=O)c2ccccc2)cc1C#N. The predicted octanol–water partition coefficient (Wildman–Crippen LogP) is 2.83. The third kappa shape index (κ3) is 3.76. The summed E-state index contributed by atoms with van der Waals surface area (Å²) in [5.41, 5.74) is 2.01. The zero-order valence-electron chi connectivity index (χ0n) is 11.2. The number of nitriles is 2. The zero-order chi connectivity index (χ0) is 15.1. The molecular weight excluding hydrogens is 264 g/mol. The molecule has 2 rings (SSSR count). The van der Waals surface area contributed by atoms with Crippen molar-refractivity contribution >= 4 is 5.78 Å². The van der Waals surface area contributed by atoms with E-state index in [1.807, 2.05) is 18.2 Å². The van der Waals surface area contributed by atoms with E-state index in [2.05, 4.69) is 0 Å². The summed E-state index contributed by atoms with van der Waals surface area (Å²) >= 11 is 0. The Morgan fingerprint density at radius 2 is 1.71 bits per heavy atom. The molecule has 21 heavy (non-hydrogen) atoms. The van der Waals surface area contributed by atoms with E-state index in [9.17, 15) is 4.79 Å². The minimum absolute atomic E-state index is 0.0219. The molecule has 0 saturated carbocycles. The summed E-state index contributed by atoms with van der Waals surface area (Å²) in [5, 5.41) is 17.8. The van der Waals surface area contributed by atoms with E-state index in [0.29, 0.717) is 16.7 Å². The number of benzene rings is 2. The van der Waals surface area contributed by atoms with Crippen LogP contribution in [0.25, 0.3) is 0 Å². The Balaban J connectivity index is 1.94. The van der Waals surface area contributed by atoms with E-state index >= 15 is 0 Å². The molecule has 2 aromatic rings. The summed E-state index contributed by atoms with van der Waals surface area (Å²) < 4.78 is 5.37. The third-order valence-electron chi connectivity index (χ3n) is 2.92. The Hall–Kier alpha value is -2.95. The van der Waals surface area contributed by atoms with E-state index in [0.717, 1.165) is 5.56 Å². The normalized spacial score (nSPS) is 9.62. The molecule has 0 N–H and O–H groups in total. The van der Waals surface area contributed by atoms with Gasteiger partial charge in [-0.2, -0.15) is 10.5 Å². The van der Waals surface area contributed by atoms with Gasteiger partial charge < -0.3 is 4.74 Å². The summed E-state index contributed by atoms with van der Waals surface area (Å²) in [6.45, 7) is 0.199. The Labute approximate surface area is 122 Å². The highest BCUT2D eigenvalue weighted by Gasteiger charge is 2.06. The van der Waals surface area contributed by atoms with Crippen LogP contribution in [-0.2, 0) is 11.3 Å². The Kier molecular flexibility index (Phi) is 4.82. The average Bonchev–Trinajstić information content (AvgIpc) is 2.55. The van der Waals surface area contributed by atoms with Crippen LogP contribution in [0.1, 0.15) is 27.0 Å². The maximum absolute atomic E-state index is 11.8. The topological polar surface area (TPSA) is 73.9 Å². The summed E-state index contributed by atoms with van der Waals surface area (Å²) in [4.78, 5) is 11.8. The van der Waals surface area contributed by atoms with Gasteiger partial charge in [0.05, 0.1) is 17.7 Å². The van der Waals surface area contributed by atoms with Crippen LogP contribution in [0.3, 0.4) is 0 Å². The number of ketones is 1. The lowest BCUT2D eigenvalue weighted by Crippen LogP contribution is -2.09. The van der Waals surface area contributed by atoms with Crippen molar-refractivity contribution in [2.24, 2.45) is 0 Å². The maximum Gasteiger partial charge on any atom is 0.188 e. The standard InChI is InChI=1S/C17H12N2O2/c18-9-15-7-6-13(8-16(15)10-19)11-21-12-17(20)14-4-2-1-3-5-14/h1-8H,11-12H2. The van der Waals surface area contributed by atoms with Crippen molar-refractivity contribution < 1.29 is 9.53 Å². The highest BCUT2D eigenvalue weighted by molar-refractivity contribution is 5.96. The van der Waals surface area contributed by atoms with Crippen LogP contribution < -0.4 is 0 Å². The lowest BCUT2D eigenvalue weighted by molar-refractivity contribution is 0.0726. The molecule has 0 aliphatic carbocycles. The first-order valence-corrected chi connectivity index (χ1v) is 6.33. The number of hydrogen-bond donors (Lipinski definition) is 0. The van der Waals surface area contributed by atoms with E-state index < -0.39 is 0 Å². The zero-order valence-corrected chi connectivity index (χ0v) is 11.2. The molecule has 2 aromatic carbocycles. The molecule has 0 bridgehead atoms. The number of carbonyl (C=O) groups excluding carboxylic acids is 1. The molecule has 0 aliphatic rings.